The van der Waals surface area contributed by atoms with Crippen molar-refractivity contribution >= 4 is 23.6 Å². The number of fused-ring (bicyclic) bond motifs is 12. The van der Waals surface area contributed by atoms with Gasteiger partial charge in [-0.05, 0) is 63.3 Å². The van der Waals surface area contributed by atoms with E-state index in [9.17, 15) is 19.2 Å². The lowest BCUT2D eigenvalue weighted by atomic mass is 10.2. The van der Waals surface area contributed by atoms with Crippen molar-refractivity contribution in [1.29, 1.82) is 0 Å². The van der Waals surface area contributed by atoms with Gasteiger partial charge in [0.25, 0.3) is 0 Å². The maximum atomic E-state index is 13.0. The van der Waals surface area contributed by atoms with Crippen molar-refractivity contribution in [1.82, 2.24) is 72.1 Å². The molecule has 5 rings (SSSR count). The summed E-state index contributed by atoms with van der Waals surface area (Å²) in [6.07, 6.45) is 3.38. The number of nitrogens with zero attached hydrogens (tertiary/aromatic N) is 6. The lowest BCUT2D eigenvalue weighted by Crippen LogP contribution is -2.44. The zero-order chi connectivity index (χ0) is 43.5. The Kier molecular flexibility index (Phi) is 23.1. The van der Waals surface area contributed by atoms with Gasteiger partial charge in [0, 0.05) is 157 Å². The van der Waals surface area contributed by atoms with Crippen LogP contribution < -0.4 is 42.5 Å². The molecule has 1 saturated heterocycles. The van der Waals surface area contributed by atoms with Crippen LogP contribution in [0.4, 0.5) is 0 Å². The van der Waals surface area contributed by atoms with Gasteiger partial charge in [0.1, 0.15) is 0 Å². The van der Waals surface area contributed by atoms with Crippen LogP contribution in [0.15, 0.2) is 36.4 Å². The minimum atomic E-state index is 0.0287. The Bertz CT molecular complexity index is 1410. The molecule has 4 amide bonds. The Labute approximate surface area is 368 Å². The number of hydrogen-bond acceptors (Lipinski definition) is 14. The van der Waals surface area contributed by atoms with E-state index in [1.165, 1.54) is 0 Å². The predicted molar refractivity (Wildman–Crippen MR) is 241 cm³/mol. The monoisotopic (exact) mass is 863 g/mol. The summed E-state index contributed by atoms with van der Waals surface area (Å²) in [5.41, 5.74) is 3.75. The average Bonchev–Trinajstić information content (AvgIpc) is 3.27. The van der Waals surface area contributed by atoms with Crippen LogP contribution >= 0.6 is 0 Å². The fraction of sp³-hybridized carbons (Fsp3) is 0.682. The first kappa shape index (κ1) is 48.9. The van der Waals surface area contributed by atoms with Crippen molar-refractivity contribution in [3.63, 3.8) is 0 Å². The number of aromatic nitrogens is 2. The SMILES string of the molecule is O=C1CCN2CCCN(CCC(=O)NCCNCc3cccc(n3)CNCCN1)CCN1CCCN(CCC(=O)NCCNCc3cccc(n3)CNCCNC(=O)CC1)CC2. The summed E-state index contributed by atoms with van der Waals surface area (Å²) >= 11 is 0. The van der Waals surface area contributed by atoms with Crippen LogP contribution in [0.3, 0.4) is 0 Å². The van der Waals surface area contributed by atoms with Gasteiger partial charge in [-0.25, -0.2) is 0 Å². The van der Waals surface area contributed by atoms with Gasteiger partial charge in [-0.3, -0.25) is 29.1 Å². The van der Waals surface area contributed by atoms with Crippen molar-refractivity contribution < 1.29 is 19.2 Å². The summed E-state index contributed by atoms with van der Waals surface area (Å²) in [7, 11) is 0. The highest BCUT2D eigenvalue weighted by atomic mass is 16.2. The Hall–Kier alpha value is -4.14. The van der Waals surface area contributed by atoms with Gasteiger partial charge in [-0.15, -0.1) is 0 Å². The Morgan fingerprint density at radius 3 is 0.855 bits per heavy atom. The quantitative estimate of drug-likeness (QED) is 0.154. The summed E-state index contributed by atoms with van der Waals surface area (Å²) in [6, 6.07) is 12.0. The van der Waals surface area contributed by atoms with Crippen LogP contribution in [0.2, 0.25) is 0 Å². The van der Waals surface area contributed by atoms with Gasteiger partial charge in [-0.2, -0.15) is 0 Å². The van der Waals surface area contributed by atoms with E-state index in [1.807, 2.05) is 36.4 Å². The topological polar surface area (TPSA) is 203 Å². The Morgan fingerprint density at radius 2 is 0.597 bits per heavy atom. The second-order valence-corrected chi connectivity index (χ2v) is 16.4. The third-order valence-electron chi connectivity index (χ3n) is 11.4. The molecule has 0 aromatic carbocycles. The first-order valence-electron chi connectivity index (χ1n) is 23.1. The molecule has 3 aliphatic rings. The Morgan fingerprint density at radius 1 is 0.339 bits per heavy atom. The van der Waals surface area contributed by atoms with Crippen LogP contribution in [0.25, 0.3) is 0 Å². The number of carbonyl (C=O) groups is 4. The molecule has 0 saturated carbocycles. The van der Waals surface area contributed by atoms with E-state index in [4.69, 9.17) is 9.97 Å². The van der Waals surface area contributed by atoms with E-state index in [2.05, 4.69) is 62.1 Å². The molecular formula is C44H74N14O4. The van der Waals surface area contributed by atoms with Gasteiger partial charge in [0.2, 0.25) is 23.6 Å². The van der Waals surface area contributed by atoms with Crippen molar-refractivity contribution in [3.05, 3.63) is 59.2 Å². The first-order chi connectivity index (χ1) is 30.4. The minimum Gasteiger partial charge on any atom is -0.355 e. The molecule has 2 aromatic heterocycles. The van der Waals surface area contributed by atoms with Crippen molar-refractivity contribution in [2.24, 2.45) is 0 Å². The molecule has 4 atom stereocenters. The largest absolute Gasteiger partial charge is 0.355 e. The maximum absolute atomic E-state index is 13.0. The van der Waals surface area contributed by atoms with E-state index in [0.717, 1.165) is 88.0 Å². The molecule has 344 valence electrons. The van der Waals surface area contributed by atoms with Crippen LogP contribution in [0.5, 0.6) is 0 Å². The van der Waals surface area contributed by atoms with Gasteiger partial charge in [0.15, 0.2) is 0 Å². The summed E-state index contributed by atoms with van der Waals surface area (Å²) in [5, 5.41) is 25.9. The van der Waals surface area contributed by atoms with Crippen molar-refractivity contribution in [2.45, 2.75) is 64.7 Å². The second-order valence-electron chi connectivity index (χ2n) is 16.4. The number of nitrogens with one attached hydrogen (secondary N) is 8. The van der Waals surface area contributed by atoms with E-state index in [-0.39, 0.29) is 23.6 Å². The highest BCUT2D eigenvalue weighted by Crippen LogP contribution is 2.07. The summed E-state index contributed by atoms with van der Waals surface area (Å²) in [5.74, 6) is 0.115. The molecule has 8 bridgehead atoms. The normalized spacial score (nSPS) is 25.8. The van der Waals surface area contributed by atoms with E-state index in [0.29, 0.717) is 130 Å². The third kappa shape index (κ3) is 20.8. The standard InChI is InChI=1S/C44H74N14O4/c59-41-9-25-55-21-3-22-56(26-10-42(60)50-18-14-46-34-38-6-1-5-37(53-38)33-45-13-17-49-41)30-32-58-24-4-23-57(31-29-55)27-11-43(61)51-19-15-47-35-39-7-2-8-40(54-39)36-48-16-20-52-44(62)12-28-58/h1-2,5-8,45-48H,3-4,9-36H2,(H,49,59)(H,50,60)(H,51,61)(H,52,62). The highest BCUT2D eigenvalue weighted by molar-refractivity contribution is 5.77. The fourth-order valence-corrected chi connectivity index (χ4v) is 7.81. The molecule has 3 aliphatic heterocycles. The summed E-state index contributed by atoms with van der Waals surface area (Å²) in [6.45, 7) is 16.1. The second kappa shape index (κ2) is 29.3. The van der Waals surface area contributed by atoms with Crippen LogP contribution in [-0.4, -0.2) is 184 Å². The van der Waals surface area contributed by atoms with Gasteiger partial charge in [0.05, 0.1) is 22.8 Å². The first-order valence-corrected chi connectivity index (χ1v) is 23.1. The van der Waals surface area contributed by atoms with E-state index < -0.39 is 0 Å². The number of carbonyl (C=O) groups excluding carboxylic acids is 4. The van der Waals surface area contributed by atoms with Crippen LogP contribution in [0.1, 0.15) is 61.3 Å². The molecule has 0 aliphatic carbocycles. The summed E-state index contributed by atoms with van der Waals surface area (Å²) < 4.78 is 0. The lowest BCUT2D eigenvalue weighted by molar-refractivity contribution is -0.122. The average molecular weight is 863 g/mol. The molecule has 2 aromatic rings. The molecule has 62 heavy (non-hydrogen) atoms. The predicted octanol–water partition coefficient (Wildman–Crippen LogP) is -1.41. The highest BCUT2D eigenvalue weighted by Gasteiger charge is 2.18. The van der Waals surface area contributed by atoms with Gasteiger partial charge < -0.3 is 62.1 Å². The maximum Gasteiger partial charge on any atom is 0.221 e. The lowest BCUT2D eigenvalue weighted by Gasteiger charge is -2.32. The molecule has 0 spiro atoms. The number of pyridine rings is 2. The molecule has 8 N–H and O–H groups in total. The van der Waals surface area contributed by atoms with E-state index >= 15 is 0 Å². The molecule has 0 radical (unpaired) electrons. The molecule has 18 heteroatoms. The molecule has 18 nitrogen and oxygen atoms in total. The smallest absolute Gasteiger partial charge is 0.221 e. The molecule has 5 heterocycles. The van der Waals surface area contributed by atoms with Gasteiger partial charge in [-0.1, -0.05) is 12.1 Å². The molecule has 4 unspecified atom stereocenters. The van der Waals surface area contributed by atoms with Gasteiger partial charge >= 0.3 is 0 Å². The number of hydrogen-bond donors (Lipinski definition) is 8. The Balaban J connectivity index is 1.25. The molecular weight excluding hydrogens is 789 g/mol. The summed E-state index contributed by atoms with van der Waals surface area (Å²) in [4.78, 5) is 71.2. The number of rotatable bonds is 0. The third-order valence-corrected chi connectivity index (χ3v) is 11.4. The van der Waals surface area contributed by atoms with Crippen LogP contribution in [0, 0.1) is 0 Å². The van der Waals surface area contributed by atoms with E-state index in [1.54, 1.807) is 0 Å². The zero-order valence-corrected chi connectivity index (χ0v) is 37.0. The molecule has 1 fully saturated rings. The fourth-order valence-electron chi connectivity index (χ4n) is 7.81. The van der Waals surface area contributed by atoms with Crippen LogP contribution in [-0.2, 0) is 45.4 Å². The zero-order valence-electron chi connectivity index (χ0n) is 37.0. The van der Waals surface area contributed by atoms with Crippen molar-refractivity contribution in [2.75, 3.05) is 131 Å². The number of amides is 4. The minimum absolute atomic E-state index is 0.0287. The van der Waals surface area contributed by atoms with Crippen molar-refractivity contribution in [3.8, 4) is 0 Å².